The van der Waals surface area contributed by atoms with E-state index in [1.807, 2.05) is 4.90 Å². The van der Waals surface area contributed by atoms with Gasteiger partial charge in [-0.1, -0.05) is 11.6 Å². The van der Waals surface area contributed by atoms with Gasteiger partial charge in [-0.25, -0.2) is 15.0 Å². The Morgan fingerprint density at radius 2 is 2.07 bits per heavy atom. The molecule has 1 atom stereocenters. The van der Waals surface area contributed by atoms with Crippen LogP contribution in [0, 0.1) is 11.3 Å². The predicted molar refractivity (Wildman–Crippen MR) is 107 cm³/mol. The fraction of sp³-hybridized carbons (Fsp3) is 0.263. The van der Waals surface area contributed by atoms with E-state index >= 15 is 0 Å². The lowest BCUT2D eigenvalue weighted by atomic mass is 10.0. The van der Waals surface area contributed by atoms with Crippen LogP contribution < -0.4 is 16.0 Å². The van der Waals surface area contributed by atoms with E-state index in [0.717, 1.165) is 12.1 Å². The molecule has 7 nitrogen and oxygen atoms in total. The molecule has 30 heavy (non-hydrogen) atoms. The first-order valence-electron chi connectivity index (χ1n) is 8.94. The number of aromatic nitrogens is 3. The van der Waals surface area contributed by atoms with Gasteiger partial charge in [0.05, 0.1) is 27.9 Å². The zero-order chi connectivity index (χ0) is 21.5. The molecule has 0 bridgehead atoms. The molecule has 1 fully saturated rings. The van der Waals surface area contributed by atoms with Crippen LogP contribution in [-0.2, 0) is 6.18 Å². The van der Waals surface area contributed by atoms with Gasteiger partial charge in [0.25, 0.3) is 0 Å². The lowest BCUT2D eigenvalue weighted by Gasteiger charge is -2.32. The van der Waals surface area contributed by atoms with E-state index in [9.17, 15) is 18.4 Å². The molecule has 0 aliphatic carbocycles. The number of hydrogen-bond acceptors (Lipinski definition) is 7. The van der Waals surface area contributed by atoms with Crippen LogP contribution in [0.5, 0.6) is 0 Å². The van der Waals surface area contributed by atoms with E-state index in [2.05, 4.69) is 26.3 Å². The number of benzene rings is 1. The number of piperazine rings is 1. The van der Waals surface area contributed by atoms with Gasteiger partial charge in [-0.15, -0.1) is 0 Å². The number of nitrogens with two attached hydrogens (primary N) is 1. The molecular weight excluding hydrogens is 419 g/mol. The van der Waals surface area contributed by atoms with E-state index in [-0.39, 0.29) is 28.1 Å². The Hall–Kier alpha value is -3.16. The first-order valence-corrected chi connectivity index (χ1v) is 9.32. The highest BCUT2D eigenvalue weighted by Crippen LogP contribution is 2.40. The number of nitriles is 1. The lowest BCUT2D eigenvalue weighted by molar-refractivity contribution is -0.137. The van der Waals surface area contributed by atoms with Crippen molar-refractivity contribution in [3.63, 3.8) is 0 Å². The van der Waals surface area contributed by atoms with Crippen LogP contribution >= 0.6 is 11.6 Å². The van der Waals surface area contributed by atoms with Gasteiger partial charge in [-0.05, 0) is 24.3 Å². The third-order valence-electron chi connectivity index (χ3n) is 4.81. The van der Waals surface area contributed by atoms with Crippen LogP contribution in [0.3, 0.4) is 0 Å². The highest BCUT2D eigenvalue weighted by atomic mass is 35.5. The van der Waals surface area contributed by atoms with E-state index in [1.54, 1.807) is 0 Å². The van der Waals surface area contributed by atoms with Crippen molar-refractivity contribution in [2.45, 2.75) is 12.2 Å². The van der Waals surface area contributed by atoms with Crippen molar-refractivity contribution in [2.75, 3.05) is 30.3 Å². The molecule has 1 saturated heterocycles. The number of pyridine rings is 1. The van der Waals surface area contributed by atoms with Crippen LogP contribution in [0.4, 0.5) is 24.8 Å². The molecule has 1 aliphatic heterocycles. The smallest absolute Gasteiger partial charge is 0.384 e. The highest BCUT2D eigenvalue weighted by Gasteiger charge is 2.35. The largest absolute Gasteiger partial charge is 0.418 e. The molecule has 11 heteroatoms. The number of alkyl halides is 3. The van der Waals surface area contributed by atoms with Gasteiger partial charge in [-0.2, -0.15) is 18.4 Å². The Morgan fingerprint density at radius 1 is 1.27 bits per heavy atom. The number of halogens is 4. The number of nitrogens with one attached hydrogen (secondary N) is 1. The Bertz CT molecular complexity index is 1160. The van der Waals surface area contributed by atoms with Crippen molar-refractivity contribution in [3.05, 3.63) is 41.2 Å². The van der Waals surface area contributed by atoms with Crippen molar-refractivity contribution in [1.29, 1.82) is 5.26 Å². The van der Waals surface area contributed by atoms with Gasteiger partial charge in [-0.3, -0.25) is 5.32 Å². The summed E-state index contributed by atoms with van der Waals surface area (Å²) >= 11 is 6.39. The minimum Gasteiger partial charge on any atom is -0.384 e. The molecular formula is C19H15ClF3N7. The Balaban J connectivity index is 1.86. The summed E-state index contributed by atoms with van der Waals surface area (Å²) in [7, 11) is 0. The summed E-state index contributed by atoms with van der Waals surface area (Å²) < 4.78 is 40.5. The molecule has 3 N–H and O–H groups in total. The van der Waals surface area contributed by atoms with Gasteiger partial charge >= 0.3 is 6.18 Å². The molecule has 1 aliphatic rings. The minimum atomic E-state index is -4.63. The van der Waals surface area contributed by atoms with Gasteiger partial charge in [0.2, 0.25) is 0 Å². The molecule has 3 aromatic rings. The molecule has 154 valence electrons. The molecule has 1 aromatic carbocycles. The molecule has 2 aromatic heterocycles. The summed E-state index contributed by atoms with van der Waals surface area (Å²) in [6, 6.07) is 6.76. The van der Waals surface area contributed by atoms with Gasteiger partial charge in [0, 0.05) is 30.6 Å². The maximum absolute atomic E-state index is 13.5. The van der Waals surface area contributed by atoms with Crippen molar-refractivity contribution in [3.8, 4) is 17.3 Å². The third kappa shape index (κ3) is 3.69. The molecule has 4 rings (SSSR count). The predicted octanol–water partition coefficient (Wildman–Crippen LogP) is 3.25. The fourth-order valence-corrected chi connectivity index (χ4v) is 3.69. The Kier molecular flexibility index (Phi) is 5.09. The number of anilines is 2. The number of nitrogen functional groups attached to an aromatic ring is 1. The third-order valence-corrected chi connectivity index (χ3v) is 5.12. The zero-order valence-corrected chi connectivity index (χ0v) is 16.2. The second-order valence-electron chi connectivity index (χ2n) is 6.76. The zero-order valence-electron chi connectivity index (χ0n) is 15.4. The van der Waals surface area contributed by atoms with Gasteiger partial charge in [0.15, 0.2) is 0 Å². The number of rotatable bonds is 2. The number of fused-ring (bicyclic) bond motifs is 1. The van der Waals surface area contributed by atoms with Crippen molar-refractivity contribution < 1.29 is 13.2 Å². The number of hydrogen-bond donors (Lipinski definition) is 2. The average molecular weight is 434 g/mol. The molecule has 3 heterocycles. The molecule has 1 unspecified atom stereocenters. The first-order chi connectivity index (χ1) is 14.3. The summed E-state index contributed by atoms with van der Waals surface area (Å²) in [5, 5.41) is 12.9. The SMILES string of the molecule is N#CC1CN(c2ncnc3cc(-c4nc(N)ccc4C(F)(F)F)c(Cl)cc23)CCN1. The summed E-state index contributed by atoms with van der Waals surface area (Å²) in [6.07, 6.45) is -3.30. The summed E-state index contributed by atoms with van der Waals surface area (Å²) in [4.78, 5) is 14.3. The van der Waals surface area contributed by atoms with Crippen molar-refractivity contribution >= 4 is 34.1 Å². The molecule has 0 spiro atoms. The van der Waals surface area contributed by atoms with Crippen LogP contribution in [-0.4, -0.2) is 40.6 Å². The summed E-state index contributed by atoms with van der Waals surface area (Å²) in [5.41, 5.74) is 4.81. The normalized spacial score (nSPS) is 17.2. The topological polar surface area (TPSA) is 104 Å². The van der Waals surface area contributed by atoms with Crippen molar-refractivity contribution in [2.24, 2.45) is 0 Å². The van der Waals surface area contributed by atoms with Gasteiger partial charge < -0.3 is 10.6 Å². The number of nitrogens with zero attached hydrogens (tertiary/aromatic N) is 5. The summed E-state index contributed by atoms with van der Waals surface area (Å²) in [5.74, 6) is 0.507. The van der Waals surface area contributed by atoms with Gasteiger partial charge in [0.1, 0.15) is 24.0 Å². The fourth-order valence-electron chi connectivity index (χ4n) is 3.43. The van der Waals surface area contributed by atoms with Crippen LogP contribution in [0.1, 0.15) is 5.56 Å². The Morgan fingerprint density at radius 3 is 2.80 bits per heavy atom. The van der Waals surface area contributed by atoms with Crippen LogP contribution in [0.2, 0.25) is 5.02 Å². The summed E-state index contributed by atoms with van der Waals surface area (Å²) in [6.45, 7) is 1.62. The minimum absolute atomic E-state index is 0.0547. The van der Waals surface area contributed by atoms with E-state index in [0.29, 0.717) is 36.4 Å². The maximum Gasteiger partial charge on any atom is 0.418 e. The lowest BCUT2D eigenvalue weighted by Crippen LogP contribution is -2.50. The Labute approximate surface area is 174 Å². The monoisotopic (exact) mass is 433 g/mol. The standard InChI is InChI=1S/C19H15ClF3N7/c20-14-5-12-15(27-9-28-18(12)30-4-3-26-10(7-24)8-30)6-11(14)17-13(19(21,22)23)1-2-16(25)29-17/h1-2,5-6,9-10,26H,3-4,8H2,(H2,25,29). The maximum atomic E-state index is 13.5. The van der Waals surface area contributed by atoms with Crippen LogP contribution in [0.15, 0.2) is 30.6 Å². The van der Waals surface area contributed by atoms with Crippen molar-refractivity contribution in [1.82, 2.24) is 20.3 Å². The molecule has 0 saturated carbocycles. The first kappa shape index (κ1) is 20.1. The second-order valence-corrected chi connectivity index (χ2v) is 7.17. The molecule has 0 amide bonds. The second kappa shape index (κ2) is 7.59. The van der Waals surface area contributed by atoms with E-state index in [4.69, 9.17) is 17.3 Å². The highest BCUT2D eigenvalue weighted by molar-refractivity contribution is 6.34. The molecule has 0 radical (unpaired) electrons. The quantitative estimate of drug-likeness (QED) is 0.639. The van der Waals surface area contributed by atoms with Crippen LogP contribution in [0.25, 0.3) is 22.2 Å². The van der Waals surface area contributed by atoms with E-state index in [1.165, 1.54) is 18.5 Å². The van der Waals surface area contributed by atoms with E-state index < -0.39 is 11.7 Å². The average Bonchev–Trinajstić information content (AvgIpc) is 2.72.